The minimum absolute atomic E-state index is 0.0835. The largest absolute Gasteiger partial charge is 0.366 e. The molecule has 0 radical (unpaired) electrons. The molecule has 6 rings (SSSR count). The van der Waals surface area contributed by atoms with Gasteiger partial charge in [0.15, 0.2) is 6.10 Å². The van der Waals surface area contributed by atoms with Gasteiger partial charge in [0.2, 0.25) is 0 Å². The van der Waals surface area contributed by atoms with E-state index in [0.29, 0.717) is 30.2 Å². The minimum atomic E-state index is -1.10. The molecule has 3 aromatic rings. The van der Waals surface area contributed by atoms with Crippen LogP contribution < -0.4 is 5.32 Å². The number of nitrogens with zero attached hydrogens (tertiary/aromatic N) is 2. The lowest BCUT2D eigenvalue weighted by Gasteiger charge is -2.49. The SMILES string of the molecule is CC(C)(C)[C@H](c1nc(-c2cc(F)ccc2F)sc1Cc1ccccc1)N1C[C@H]2[C@@H](F)CNC23CCO[C@@H]3C1=O. The Morgan fingerprint density at radius 3 is 2.72 bits per heavy atom. The maximum absolute atomic E-state index is 15.3. The Morgan fingerprint density at radius 1 is 1.21 bits per heavy atom. The number of carbonyl (C=O) groups excluding carboxylic acids is 1. The third-order valence-corrected chi connectivity index (χ3v) is 9.48. The average Bonchev–Trinajstić information content (AvgIpc) is 3.59. The average molecular weight is 556 g/mol. The first-order valence-electron chi connectivity index (χ1n) is 13.4. The molecule has 2 aromatic carbocycles. The van der Waals surface area contributed by atoms with E-state index in [1.807, 2.05) is 51.1 Å². The number of piperidine rings is 1. The van der Waals surface area contributed by atoms with Crippen molar-refractivity contribution in [3.63, 3.8) is 0 Å². The Balaban J connectivity index is 1.48. The molecule has 5 nitrogen and oxygen atoms in total. The van der Waals surface area contributed by atoms with Gasteiger partial charge in [0.05, 0.1) is 17.3 Å². The van der Waals surface area contributed by atoms with Crippen LogP contribution in [0.5, 0.6) is 0 Å². The first-order valence-corrected chi connectivity index (χ1v) is 14.2. The molecule has 39 heavy (non-hydrogen) atoms. The summed E-state index contributed by atoms with van der Waals surface area (Å²) in [5.41, 5.74) is 0.576. The van der Waals surface area contributed by atoms with Gasteiger partial charge in [0.1, 0.15) is 22.8 Å². The van der Waals surface area contributed by atoms with Crippen molar-refractivity contribution in [2.24, 2.45) is 11.3 Å². The van der Waals surface area contributed by atoms with Crippen LogP contribution in [0.15, 0.2) is 48.5 Å². The Kier molecular flexibility index (Phi) is 6.59. The lowest BCUT2D eigenvalue weighted by atomic mass is 9.73. The zero-order chi connectivity index (χ0) is 27.5. The third kappa shape index (κ3) is 4.48. The van der Waals surface area contributed by atoms with Crippen LogP contribution in [0, 0.1) is 23.0 Å². The van der Waals surface area contributed by atoms with E-state index in [4.69, 9.17) is 9.72 Å². The molecule has 3 aliphatic heterocycles. The normalized spacial score (nSPS) is 27.5. The standard InChI is InChI=1S/C30H32F3N3O2S/c1-29(2,3)25(36-16-20-22(33)15-34-30(20)11-12-38-26(30)28(36)37)24-23(13-17-7-5-4-6-8-17)39-27(35-24)19-14-18(31)9-10-21(19)32/h4-10,14,20,22,25-26,34H,11-13,15-16H2,1-3H3/t20-,22-,25-,26+,30?/m0/s1. The highest BCUT2D eigenvalue weighted by atomic mass is 32.1. The molecule has 3 saturated heterocycles. The van der Waals surface area contributed by atoms with Crippen molar-refractivity contribution >= 4 is 17.2 Å². The second-order valence-electron chi connectivity index (χ2n) is 11.9. The van der Waals surface area contributed by atoms with Crippen molar-refractivity contribution in [3.8, 4) is 10.6 Å². The second kappa shape index (κ2) is 9.71. The molecule has 1 N–H and O–H groups in total. The summed E-state index contributed by atoms with van der Waals surface area (Å²) < 4.78 is 50.3. The molecule has 1 unspecified atom stereocenters. The van der Waals surface area contributed by atoms with Gasteiger partial charge in [0.25, 0.3) is 5.91 Å². The van der Waals surface area contributed by atoms with Gasteiger partial charge in [-0.15, -0.1) is 11.3 Å². The summed E-state index contributed by atoms with van der Waals surface area (Å²) in [6.45, 7) is 6.91. The number of nitrogens with one attached hydrogen (secondary N) is 1. The number of hydrogen-bond donors (Lipinski definition) is 1. The molecule has 0 saturated carbocycles. The number of hydrogen-bond acceptors (Lipinski definition) is 5. The highest BCUT2D eigenvalue weighted by Crippen LogP contribution is 2.50. The monoisotopic (exact) mass is 555 g/mol. The number of likely N-dealkylation sites (tertiary alicyclic amines) is 1. The molecule has 5 atom stereocenters. The summed E-state index contributed by atoms with van der Waals surface area (Å²) in [6, 6.07) is 12.6. The van der Waals surface area contributed by atoms with Crippen LogP contribution in [0.2, 0.25) is 0 Å². The topological polar surface area (TPSA) is 54.5 Å². The lowest BCUT2D eigenvalue weighted by molar-refractivity contribution is -0.159. The van der Waals surface area contributed by atoms with Crippen LogP contribution in [0.25, 0.3) is 10.6 Å². The van der Waals surface area contributed by atoms with Crippen molar-refractivity contribution < 1.29 is 22.7 Å². The van der Waals surface area contributed by atoms with Gasteiger partial charge in [0, 0.05) is 42.5 Å². The molecular weight excluding hydrogens is 523 g/mol. The molecule has 1 amide bonds. The molecule has 9 heteroatoms. The van der Waals surface area contributed by atoms with Crippen LogP contribution in [0.3, 0.4) is 0 Å². The molecule has 4 heterocycles. The molecule has 0 aliphatic carbocycles. The third-order valence-electron chi connectivity index (χ3n) is 8.38. The summed E-state index contributed by atoms with van der Waals surface area (Å²) in [6.07, 6.45) is -0.749. The van der Waals surface area contributed by atoms with Crippen LogP contribution in [0.4, 0.5) is 13.2 Å². The summed E-state index contributed by atoms with van der Waals surface area (Å²) in [5.74, 6) is -1.69. The van der Waals surface area contributed by atoms with Crippen LogP contribution >= 0.6 is 11.3 Å². The highest BCUT2D eigenvalue weighted by Gasteiger charge is 2.64. The number of carbonyl (C=O) groups is 1. The smallest absolute Gasteiger partial charge is 0.254 e. The molecular formula is C30H32F3N3O2S. The van der Waals surface area contributed by atoms with Crippen LogP contribution in [-0.2, 0) is 16.0 Å². The van der Waals surface area contributed by atoms with E-state index in [1.165, 1.54) is 11.3 Å². The zero-order valence-corrected chi connectivity index (χ0v) is 23.0. The maximum Gasteiger partial charge on any atom is 0.254 e. The molecule has 0 bridgehead atoms. The van der Waals surface area contributed by atoms with Gasteiger partial charge in [-0.1, -0.05) is 51.1 Å². The number of alkyl halides is 1. The molecule has 1 aromatic heterocycles. The maximum atomic E-state index is 15.3. The quantitative estimate of drug-likeness (QED) is 0.439. The fourth-order valence-corrected chi connectivity index (χ4v) is 7.76. The summed E-state index contributed by atoms with van der Waals surface area (Å²) in [5, 5.41) is 3.65. The van der Waals surface area contributed by atoms with Gasteiger partial charge in [-0.05, 0) is 35.6 Å². The Morgan fingerprint density at radius 2 is 1.97 bits per heavy atom. The van der Waals surface area contributed by atoms with E-state index in [9.17, 15) is 13.6 Å². The molecule has 3 fully saturated rings. The summed E-state index contributed by atoms with van der Waals surface area (Å²) >= 11 is 1.30. The van der Waals surface area contributed by atoms with Crippen molar-refractivity contribution in [1.82, 2.24) is 15.2 Å². The number of halogens is 3. The van der Waals surface area contributed by atoms with E-state index >= 15 is 4.39 Å². The molecule has 1 spiro atoms. The van der Waals surface area contributed by atoms with Gasteiger partial charge in [-0.25, -0.2) is 18.2 Å². The zero-order valence-electron chi connectivity index (χ0n) is 22.2. The Hall–Kier alpha value is -2.75. The van der Waals surface area contributed by atoms with Gasteiger partial charge in [-0.3, -0.25) is 4.79 Å². The number of amides is 1. The predicted octanol–water partition coefficient (Wildman–Crippen LogP) is 5.69. The van der Waals surface area contributed by atoms with Gasteiger partial charge >= 0.3 is 0 Å². The van der Waals surface area contributed by atoms with Crippen molar-refractivity contribution in [3.05, 3.63) is 76.3 Å². The number of rotatable bonds is 5. The second-order valence-corrected chi connectivity index (χ2v) is 13.0. The summed E-state index contributed by atoms with van der Waals surface area (Å²) in [4.78, 5) is 21.6. The minimum Gasteiger partial charge on any atom is -0.366 e. The number of thiazole rings is 1. The summed E-state index contributed by atoms with van der Waals surface area (Å²) in [7, 11) is 0. The van der Waals surface area contributed by atoms with Crippen LogP contribution in [-0.4, -0.2) is 53.3 Å². The number of aromatic nitrogens is 1. The predicted molar refractivity (Wildman–Crippen MR) is 144 cm³/mol. The van der Waals surface area contributed by atoms with E-state index in [0.717, 1.165) is 28.6 Å². The Bertz CT molecular complexity index is 1390. The first kappa shape index (κ1) is 26.5. The van der Waals surface area contributed by atoms with Crippen molar-refractivity contribution in [1.29, 1.82) is 0 Å². The fraction of sp³-hybridized carbons (Fsp3) is 0.467. The fourth-order valence-electron chi connectivity index (χ4n) is 6.61. The number of ether oxygens (including phenoxy) is 1. The number of benzene rings is 2. The van der Waals surface area contributed by atoms with Crippen LogP contribution in [0.1, 0.15) is 49.4 Å². The van der Waals surface area contributed by atoms with E-state index in [-0.39, 0.29) is 24.6 Å². The lowest BCUT2D eigenvalue weighted by Crippen LogP contribution is -2.66. The van der Waals surface area contributed by atoms with E-state index in [2.05, 4.69) is 5.32 Å². The molecule has 3 aliphatic rings. The van der Waals surface area contributed by atoms with E-state index in [1.54, 1.807) is 4.90 Å². The highest BCUT2D eigenvalue weighted by molar-refractivity contribution is 7.15. The van der Waals surface area contributed by atoms with Crippen molar-refractivity contribution in [2.75, 3.05) is 19.7 Å². The Labute approximate surface area is 230 Å². The molecule has 206 valence electrons. The van der Waals surface area contributed by atoms with Gasteiger partial charge < -0.3 is 15.0 Å². The van der Waals surface area contributed by atoms with Gasteiger partial charge in [-0.2, -0.15) is 0 Å². The first-order chi connectivity index (χ1) is 18.6. The van der Waals surface area contributed by atoms with E-state index < -0.39 is 46.8 Å². The van der Waals surface area contributed by atoms with Crippen molar-refractivity contribution in [2.45, 2.75) is 57.5 Å².